The lowest BCUT2D eigenvalue weighted by molar-refractivity contribution is 0.00725. The molecule has 4 rings (SSSR count). The number of ether oxygens (including phenoxy) is 2. The zero-order valence-electron chi connectivity index (χ0n) is 18.9. The molecule has 2 N–H and O–H groups in total. The Morgan fingerprint density at radius 2 is 1.77 bits per heavy atom. The second-order valence-electron chi connectivity index (χ2n) is 7.49. The number of nitrogens with two attached hydrogens (primary N) is 1. The number of imidazole rings is 1. The van der Waals surface area contributed by atoms with Crippen LogP contribution >= 0.6 is 7.60 Å². The van der Waals surface area contributed by atoms with Crippen molar-refractivity contribution in [2.45, 2.75) is 19.6 Å². The van der Waals surface area contributed by atoms with E-state index in [4.69, 9.17) is 24.3 Å². The predicted molar refractivity (Wildman–Crippen MR) is 128 cm³/mol. The highest BCUT2D eigenvalue weighted by atomic mass is 31.2. The Bertz CT molecular complexity index is 1320. The Hall–Kier alpha value is -3.79. The first kappa shape index (κ1) is 24.3. The van der Waals surface area contributed by atoms with E-state index in [1.807, 2.05) is 0 Å². The molecule has 0 bridgehead atoms. The molecule has 0 aliphatic heterocycles. The monoisotopic (exact) mass is 497 g/mol. The number of esters is 1. The Morgan fingerprint density at radius 1 is 1.06 bits per heavy atom. The van der Waals surface area contributed by atoms with E-state index in [2.05, 4.69) is 15.0 Å². The molecule has 182 valence electrons. The average Bonchev–Trinajstić information content (AvgIpc) is 3.28. The van der Waals surface area contributed by atoms with Crippen LogP contribution in [-0.2, 0) is 25.1 Å². The summed E-state index contributed by atoms with van der Waals surface area (Å²) in [6.07, 6.45) is 2.13. The molecule has 0 amide bonds. The number of nitrogen functional groups attached to an aromatic ring is 1. The summed E-state index contributed by atoms with van der Waals surface area (Å²) >= 11 is 0. The summed E-state index contributed by atoms with van der Waals surface area (Å²) in [5.74, 6) is -0.00446. The topological polar surface area (TPSA) is 141 Å². The first-order valence-corrected chi connectivity index (χ1v) is 12.4. The van der Waals surface area contributed by atoms with E-state index >= 15 is 0 Å². The fraction of sp³-hybridized carbons (Fsp3) is 0.217. The van der Waals surface area contributed by atoms with E-state index in [0.29, 0.717) is 29.0 Å². The van der Waals surface area contributed by atoms with Crippen LogP contribution in [0.15, 0.2) is 73.3 Å². The van der Waals surface area contributed by atoms with Crippen molar-refractivity contribution in [3.63, 3.8) is 0 Å². The van der Waals surface area contributed by atoms with Crippen molar-refractivity contribution < 1.29 is 27.9 Å². The van der Waals surface area contributed by atoms with E-state index < -0.39 is 26.5 Å². The fourth-order valence-electron chi connectivity index (χ4n) is 3.13. The number of carbonyl (C=O) groups excluding carboxylic acids is 1. The minimum atomic E-state index is -3.86. The van der Waals surface area contributed by atoms with Gasteiger partial charge >= 0.3 is 13.6 Å². The van der Waals surface area contributed by atoms with Gasteiger partial charge in [0.1, 0.15) is 17.6 Å². The van der Waals surface area contributed by atoms with Crippen LogP contribution < -0.4 is 10.3 Å². The molecular formula is C23H24N5O6P. The molecule has 4 aromatic rings. The summed E-state index contributed by atoms with van der Waals surface area (Å²) in [5, 5.41) is 0. The Balaban J connectivity index is 1.39. The summed E-state index contributed by atoms with van der Waals surface area (Å²) < 4.78 is 37.1. The summed E-state index contributed by atoms with van der Waals surface area (Å²) in [6, 6.07) is 16.9. The molecular weight excluding hydrogens is 473 g/mol. The Labute approximate surface area is 201 Å². The molecule has 0 radical (unpaired) electrons. The number of fused-ring (bicyclic) bond motifs is 1. The normalized spacial score (nSPS) is 13.7. The molecule has 2 aromatic heterocycles. The van der Waals surface area contributed by atoms with Crippen LogP contribution in [0.3, 0.4) is 0 Å². The third kappa shape index (κ3) is 6.42. The van der Waals surface area contributed by atoms with Gasteiger partial charge in [-0.15, -0.1) is 0 Å². The van der Waals surface area contributed by atoms with Crippen LogP contribution in [0.5, 0.6) is 5.75 Å². The van der Waals surface area contributed by atoms with Gasteiger partial charge in [-0.05, 0) is 31.2 Å². The van der Waals surface area contributed by atoms with E-state index in [1.54, 1.807) is 78.5 Å². The van der Waals surface area contributed by atoms with Gasteiger partial charge in [-0.3, -0.25) is 4.52 Å². The number of rotatable bonds is 11. The number of aromatic nitrogens is 4. The number of hydrogen-bond acceptors (Lipinski definition) is 10. The molecule has 0 saturated heterocycles. The van der Waals surface area contributed by atoms with Gasteiger partial charge in [0.15, 0.2) is 17.8 Å². The Kier molecular flexibility index (Phi) is 7.71. The molecule has 0 spiro atoms. The molecule has 12 heteroatoms. The van der Waals surface area contributed by atoms with Gasteiger partial charge in [-0.25, -0.2) is 24.3 Å². The van der Waals surface area contributed by atoms with Crippen molar-refractivity contribution in [1.82, 2.24) is 19.5 Å². The summed E-state index contributed by atoms with van der Waals surface area (Å²) in [6.45, 7) is 1.57. The highest BCUT2D eigenvalue weighted by Gasteiger charge is 2.29. The first-order valence-electron chi connectivity index (χ1n) is 10.7. The van der Waals surface area contributed by atoms with Crippen molar-refractivity contribution >= 4 is 30.5 Å². The maximum Gasteiger partial charge on any atom is 0.407 e. The van der Waals surface area contributed by atoms with Gasteiger partial charge < -0.3 is 24.3 Å². The number of anilines is 1. The third-order valence-electron chi connectivity index (χ3n) is 4.84. The van der Waals surface area contributed by atoms with E-state index in [0.717, 1.165) is 0 Å². The molecule has 0 fully saturated rings. The van der Waals surface area contributed by atoms with Crippen LogP contribution in [0, 0.1) is 0 Å². The molecule has 1 unspecified atom stereocenters. The molecule has 0 saturated carbocycles. The molecule has 35 heavy (non-hydrogen) atoms. The summed E-state index contributed by atoms with van der Waals surface area (Å²) in [7, 11) is -3.86. The van der Waals surface area contributed by atoms with E-state index in [9.17, 15) is 9.36 Å². The molecule has 2 aromatic carbocycles. The van der Waals surface area contributed by atoms with Crippen LogP contribution in [-0.4, -0.2) is 44.7 Å². The van der Waals surface area contributed by atoms with Crippen LogP contribution in [0.25, 0.3) is 11.2 Å². The quantitative estimate of drug-likeness (QED) is 0.184. The molecule has 0 aliphatic carbocycles. The van der Waals surface area contributed by atoms with Crippen molar-refractivity contribution in [3.05, 3.63) is 78.9 Å². The highest BCUT2D eigenvalue weighted by Crippen LogP contribution is 2.48. The van der Waals surface area contributed by atoms with Crippen molar-refractivity contribution in [2.75, 3.05) is 18.9 Å². The van der Waals surface area contributed by atoms with E-state index in [1.165, 1.54) is 6.33 Å². The van der Waals surface area contributed by atoms with Gasteiger partial charge in [0.05, 0.1) is 24.5 Å². The highest BCUT2D eigenvalue weighted by molar-refractivity contribution is 7.54. The number of para-hydroxylation sites is 1. The lowest BCUT2D eigenvalue weighted by Crippen LogP contribution is -2.19. The van der Waals surface area contributed by atoms with Crippen molar-refractivity contribution in [2.24, 2.45) is 0 Å². The lowest BCUT2D eigenvalue weighted by Gasteiger charge is -2.21. The smallest absolute Gasteiger partial charge is 0.407 e. The molecule has 11 nitrogen and oxygen atoms in total. The zero-order valence-corrected chi connectivity index (χ0v) is 19.8. The number of hydrogen-bond donors (Lipinski definition) is 1. The second kappa shape index (κ2) is 11.1. The largest absolute Gasteiger partial charge is 0.434 e. The van der Waals surface area contributed by atoms with Crippen LogP contribution in [0.2, 0.25) is 0 Å². The molecule has 0 aliphatic rings. The second-order valence-corrected chi connectivity index (χ2v) is 9.42. The Morgan fingerprint density at radius 3 is 2.51 bits per heavy atom. The maximum absolute atomic E-state index is 13.4. The SMILES string of the molecule is C[C@H](Cn1cnc2c(N)ncnc21)OCP(=O)(OCOC(=O)c1ccccc1)Oc1ccccc1. The lowest BCUT2D eigenvalue weighted by atomic mass is 10.2. The van der Waals surface area contributed by atoms with Crippen LogP contribution in [0.4, 0.5) is 5.82 Å². The van der Waals surface area contributed by atoms with E-state index in [-0.39, 0.29) is 12.2 Å². The standard InChI is InChI=1S/C23H24N5O6P/c1-17(12-28-14-27-20-21(24)25-13-26-22(20)28)32-16-35(30,34-19-10-6-3-7-11-19)33-15-31-23(29)18-8-4-2-5-9-18/h2-11,13-14,17H,12,15-16H2,1H3,(H2,24,25,26)/t17-,35?/m1/s1. The zero-order chi connectivity index (χ0) is 24.7. The van der Waals surface area contributed by atoms with Gasteiger partial charge in [0.25, 0.3) is 0 Å². The van der Waals surface area contributed by atoms with Crippen molar-refractivity contribution in [3.8, 4) is 5.75 Å². The summed E-state index contributed by atoms with van der Waals surface area (Å²) in [4.78, 5) is 24.5. The number of nitrogens with zero attached hydrogens (tertiary/aromatic N) is 4. The van der Waals surface area contributed by atoms with Gasteiger partial charge in [-0.1, -0.05) is 36.4 Å². The third-order valence-corrected chi connectivity index (χ3v) is 6.29. The number of carbonyl (C=O) groups is 1. The number of benzene rings is 2. The minimum Gasteiger partial charge on any atom is -0.434 e. The maximum atomic E-state index is 13.4. The average molecular weight is 497 g/mol. The summed E-state index contributed by atoms with van der Waals surface area (Å²) in [5.41, 5.74) is 7.22. The minimum absolute atomic E-state index is 0.279. The van der Waals surface area contributed by atoms with Gasteiger partial charge in [0, 0.05) is 0 Å². The molecule has 2 atom stereocenters. The van der Waals surface area contributed by atoms with Crippen LogP contribution in [0.1, 0.15) is 17.3 Å². The van der Waals surface area contributed by atoms with Gasteiger partial charge in [-0.2, -0.15) is 0 Å². The fourth-order valence-corrected chi connectivity index (χ4v) is 4.40. The van der Waals surface area contributed by atoms with Gasteiger partial charge in [0.2, 0.25) is 6.79 Å². The predicted octanol–water partition coefficient (Wildman–Crippen LogP) is 3.87. The van der Waals surface area contributed by atoms with Crippen molar-refractivity contribution in [1.29, 1.82) is 0 Å². The first-order chi connectivity index (χ1) is 16.9. The molecule has 2 heterocycles.